The maximum absolute atomic E-state index is 11.6. The smallest absolute Gasteiger partial charge is 0.311 e. The van der Waals surface area contributed by atoms with Crippen molar-refractivity contribution in [2.24, 2.45) is 11.8 Å². The Bertz CT molecular complexity index is 811. The molecule has 3 rings (SSSR count). The molecule has 0 spiro atoms. The van der Waals surface area contributed by atoms with E-state index in [1.54, 1.807) is 31.2 Å². The van der Waals surface area contributed by atoms with Crippen LogP contribution in [0.15, 0.2) is 54.2 Å². The first-order valence-corrected chi connectivity index (χ1v) is 7.75. The van der Waals surface area contributed by atoms with Crippen molar-refractivity contribution >= 4 is 11.9 Å². The summed E-state index contributed by atoms with van der Waals surface area (Å²) >= 11 is 0. The number of hydrogen-bond acceptors (Lipinski definition) is 5. The number of allylic oxidation sites excluding steroid dienone is 4. The van der Waals surface area contributed by atoms with Crippen molar-refractivity contribution in [2.45, 2.75) is 13.0 Å². The predicted molar refractivity (Wildman–Crippen MR) is 88.7 cm³/mol. The van der Waals surface area contributed by atoms with E-state index in [0.717, 1.165) is 0 Å². The molecule has 25 heavy (non-hydrogen) atoms. The first-order chi connectivity index (χ1) is 11.9. The maximum Gasteiger partial charge on any atom is 0.311 e. The lowest BCUT2D eigenvalue weighted by atomic mass is 10.1. The number of nitrogens with zero attached hydrogens (tertiary/aromatic N) is 1. The summed E-state index contributed by atoms with van der Waals surface area (Å²) in [7, 11) is 1.53. The number of carboxylic acids is 1. The topological polar surface area (TPSA) is 97.8 Å². The average molecular weight is 342 g/mol. The lowest BCUT2D eigenvalue weighted by Gasteiger charge is -2.08. The van der Waals surface area contributed by atoms with Crippen molar-refractivity contribution in [3.63, 3.8) is 0 Å². The van der Waals surface area contributed by atoms with E-state index in [4.69, 9.17) is 14.6 Å². The van der Waals surface area contributed by atoms with Crippen LogP contribution in [0.25, 0.3) is 0 Å². The zero-order valence-electron chi connectivity index (χ0n) is 13.9. The normalized spacial score (nSPS) is 26.0. The third kappa shape index (κ3) is 3.26. The first-order valence-electron chi connectivity index (χ1n) is 7.75. The van der Waals surface area contributed by atoms with Gasteiger partial charge in [0.15, 0.2) is 0 Å². The third-order valence-electron chi connectivity index (χ3n) is 4.16. The van der Waals surface area contributed by atoms with E-state index in [9.17, 15) is 9.59 Å². The van der Waals surface area contributed by atoms with E-state index >= 15 is 0 Å². The maximum atomic E-state index is 11.6. The highest BCUT2D eigenvalue weighted by atomic mass is 16.5. The lowest BCUT2D eigenvalue weighted by molar-refractivity contribution is -0.139. The Morgan fingerprint density at radius 3 is 2.84 bits per heavy atom. The van der Waals surface area contributed by atoms with Gasteiger partial charge in [-0.2, -0.15) is 0 Å². The van der Waals surface area contributed by atoms with Crippen molar-refractivity contribution in [1.82, 2.24) is 10.3 Å². The number of rotatable bonds is 5. The van der Waals surface area contributed by atoms with Crippen LogP contribution in [0.2, 0.25) is 0 Å². The third-order valence-corrected chi connectivity index (χ3v) is 4.16. The van der Waals surface area contributed by atoms with Crippen LogP contribution in [0.4, 0.5) is 0 Å². The van der Waals surface area contributed by atoms with E-state index < -0.39 is 11.9 Å². The van der Waals surface area contributed by atoms with Gasteiger partial charge in [-0.1, -0.05) is 6.58 Å². The molecule has 3 atom stereocenters. The van der Waals surface area contributed by atoms with Crippen LogP contribution >= 0.6 is 0 Å². The number of aliphatic carboxylic acids is 1. The Morgan fingerprint density at radius 1 is 1.48 bits per heavy atom. The second kappa shape index (κ2) is 6.43. The summed E-state index contributed by atoms with van der Waals surface area (Å²) in [4.78, 5) is 26.5. The Hall–Kier alpha value is -3.09. The van der Waals surface area contributed by atoms with Gasteiger partial charge in [0.05, 0.1) is 0 Å². The summed E-state index contributed by atoms with van der Waals surface area (Å²) in [6.07, 6.45) is 4.61. The lowest BCUT2D eigenvalue weighted by Crippen LogP contribution is -2.19. The SMILES string of the molecule is C=C1/C(=C\C=C(/C)Oc2ccnc(C(=O)NC)c2)O[C@H]2[C@@H]1[C@@H]2C(=O)O. The summed E-state index contributed by atoms with van der Waals surface area (Å²) in [5.41, 5.74) is 0.964. The molecule has 1 aromatic heterocycles. The molecule has 1 saturated heterocycles. The van der Waals surface area contributed by atoms with Gasteiger partial charge in [0.1, 0.15) is 35.0 Å². The molecule has 2 aliphatic rings. The van der Waals surface area contributed by atoms with Crippen LogP contribution in [0.5, 0.6) is 5.75 Å². The molecule has 2 N–H and O–H groups in total. The van der Waals surface area contributed by atoms with Gasteiger partial charge in [0, 0.05) is 25.2 Å². The molecule has 0 radical (unpaired) electrons. The van der Waals surface area contributed by atoms with Crippen LogP contribution in [-0.4, -0.2) is 35.1 Å². The van der Waals surface area contributed by atoms with Crippen LogP contribution < -0.4 is 10.1 Å². The van der Waals surface area contributed by atoms with Crippen LogP contribution in [0, 0.1) is 11.8 Å². The minimum Gasteiger partial charge on any atom is -0.489 e. The number of carbonyl (C=O) groups is 2. The second-order valence-electron chi connectivity index (χ2n) is 5.86. The molecule has 0 aromatic carbocycles. The number of carboxylic acid groups (broad SMARTS) is 1. The zero-order valence-corrected chi connectivity index (χ0v) is 13.9. The molecule has 7 nitrogen and oxygen atoms in total. The number of hydrogen-bond donors (Lipinski definition) is 2. The highest BCUT2D eigenvalue weighted by Crippen LogP contribution is 2.55. The van der Waals surface area contributed by atoms with Gasteiger partial charge in [-0.05, 0) is 30.7 Å². The minimum absolute atomic E-state index is 0.131. The fourth-order valence-corrected chi connectivity index (χ4v) is 2.81. The van der Waals surface area contributed by atoms with E-state index in [-0.39, 0.29) is 23.6 Å². The van der Waals surface area contributed by atoms with Gasteiger partial charge in [0.25, 0.3) is 5.91 Å². The molecular weight excluding hydrogens is 324 g/mol. The summed E-state index contributed by atoms with van der Waals surface area (Å²) in [6.45, 7) is 5.67. The molecule has 1 saturated carbocycles. The highest BCUT2D eigenvalue weighted by molar-refractivity contribution is 5.92. The number of carbonyl (C=O) groups excluding carboxylic acids is 1. The van der Waals surface area contributed by atoms with Crippen LogP contribution in [0.3, 0.4) is 0 Å². The number of nitrogens with one attached hydrogen (secondary N) is 1. The number of amides is 1. The molecule has 1 aliphatic heterocycles. The fraction of sp³-hybridized carbons (Fsp3) is 0.278. The highest BCUT2D eigenvalue weighted by Gasteiger charge is 2.63. The van der Waals surface area contributed by atoms with Crippen molar-refractivity contribution in [1.29, 1.82) is 0 Å². The fourth-order valence-electron chi connectivity index (χ4n) is 2.81. The van der Waals surface area contributed by atoms with Gasteiger partial charge < -0.3 is 19.9 Å². The van der Waals surface area contributed by atoms with Gasteiger partial charge in [-0.25, -0.2) is 0 Å². The van der Waals surface area contributed by atoms with E-state index in [2.05, 4.69) is 16.9 Å². The molecule has 0 unspecified atom stereocenters. The summed E-state index contributed by atoms with van der Waals surface area (Å²) < 4.78 is 11.3. The summed E-state index contributed by atoms with van der Waals surface area (Å²) in [6, 6.07) is 3.19. The second-order valence-corrected chi connectivity index (χ2v) is 5.86. The summed E-state index contributed by atoms with van der Waals surface area (Å²) in [5, 5.41) is 11.5. The minimum atomic E-state index is -0.852. The van der Waals surface area contributed by atoms with E-state index in [0.29, 0.717) is 22.8 Å². The largest absolute Gasteiger partial charge is 0.489 e. The van der Waals surface area contributed by atoms with Crippen molar-refractivity contribution in [3.05, 3.63) is 59.8 Å². The Morgan fingerprint density at radius 2 is 2.24 bits per heavy atom. The van der Waals surface area contributed by atoms with E-state index in [1.165, 1.54) is 13.2 Å². The molecule has 1 aliphatic carbocycles. The zero-order chi connectivity index (χ0) is 18.1. The molecule has 7 heteroatoms. The molecule has 1 amide bonds. The van der Waals surface area contributed by atoms with Gasteiger partial charge in [0.2, 0.25) is 0 Å². The van der Waals surface area contributed by atoms with Crippen LogP contribution in [0.1, 0.15) is 17.4 Å². The van der Waals surface area contributed by atoms with Crippen molar-refractivity contribution in [3.8, 4) is 5.75 Å². The molecule has 1 aromatic rings. The quantitative estimate of drug-likeness (QED) is 0.793. The van der Waals surface area contributed by atoms with E-state index in [1.807, 2.05) is 0 Å². The number of pyridine rings is 1. The van der Waals surface area contributed by atoms with Crippen molar-refractivity contribution < 1.29 is 24.2 Å². The number of ether oxygens (including phenoxy) is 2. The Labute approximate surface area is 144 Å². The summed E-state index contributed by atoms with van der Waals surface area (Å²) in [5.74, 6) is -0.114. The molecule has 130 valence electrons. The van der Waals surface area contributed by atoms with Crippen LogP contribution in [-0.2, 0) is 9.53 Å². The van der Waals surface area contributed by atoms with Gasteiger partial charge in [-0.15, -0.1) is 0 Å². The Kier molecular flexibility index (Phi) is 4.31. The molecular formula is C18H18N2O5. The Balaban J connectivity index is 1.65. The number of aromatic nitrogens is 1. The number of fused-ring (bicyclic) bond motifs is 1. The average Bonchev–Trinajstić information content (AvgIpc) is 3.23. The molecule has 2 heterocycles. The van der Waals surface area contributed by atoms with Gasteiger partial charge in [-0.3, -0.25) is 14.6 Å². The van der Waals surface area contributed by atoms with Crippen molar-refractivity contribution in [2.75, 3.05) is 7.05 Å². The monoisotopic (exact) mass is 342 g/mol. The first kappa shape index (κ1) is 16.8. The standard InChI is InChI=1S/C18H18N2O5/c1-9(24-11-6-7-20-12(8-11)17(21)19-3)4-5-13-10(2)14-15(18(22)23)16(14)25-13/h4-8,14-16H,2H2,1,3H3,(H,19,21)(H,22,23)/b9-4+,13-5+/t14-,15-,16-/m0/s1. The molecule has 0 bridgehead atoms. The van der Waals surface area contributed by atoms with Gasteiger partial charge >= 0.3 is 5.97 Å². The predicted octanol–water partition coefficient (Wildman–Crippen LogP) is 1.89. The molecule has 2 fully saturated rings.